The van der Waals surface area contributed by atoms with E-state index in [4.69, 9.17) is 15.6 Å². The van der Waals surface area contributed by atoms with Gasteiger partial charge in [-0.2, -0.15) is 4.57 Å². The number of hydrogen-bond acceptors (Lipinski definition) is 4. The second kappa shape index (κ2) is 4.79. The van der Waals surface area contributed by atoms with Crippen molar-refractivity contribution in [2.24, 2.45) is 5.73 Å². The summed E-state index contributed by atoms with van der Waals surface area (Å²) in [6.07, 6.45) is 2.00. The van der Waals surface area contributed by atoms with Crippen molar-refractivity contribution in [1.29, 1.82) is 0 Å². The summed E-state index contributed by atoms with van der Waals surface area (Å²) in [5.74, 6) is -0.517. The molecule has 1 saturated heterocycles. The second-order valence-corrected chi connectivity index (χ2v) is 4.02. The van der Waals surface area contributed by atoms with Gasteiger partial charge in [-0.05, 0) is 6.07 Å². The fourth-order valence-corrected chi connectivity index (χ4v) is 1.88. The maximum atomic E-state index is 11.0. The van der Waals surface area contributed by atoms with E-state index in [1.807, 2.05) is 0 Å². The summed E-state index contributed by atoms with van der Waals surface area (Å²) in [4.78, 5) is 11.0. The minimum atomic E-state index is -0.699. The van der Waals surface area contributed by atoms with Crippen LogP contribution in [0.1, 0.15) is 23.0 Å². The smallest absolute Gasteiger partial charge is 0.265 e. The van der Waals surface area contributed by atoms with Crippen LogP contribution in [0, 0.1) is 0 Å². The lowest BCUT2D eigenvalue weighted by Gasteiger charge is -2.08. The summed E-state index contributed by atoms with van der Waals surface area (Å²) in [5.41, 5.74) is 5.55. The molecule has 17 heavy (non-hydrogen) atoms. The monoisotopic (exact) mass is 239 g/mol. The Labute approximate surface area is 98.2 Å². The van der Waals surface area contributed by atoms with Gasteiger partial charge in [0.25, 0.3) is 12.1 Å². The van der Waals surface area contributed by atoms with Crippen LogP contribution in [0.4, 0.5) is 0 Å². The van der Waals surface area contributed by atoms with E-state index < -0.39 is 18.1 Å². The van der Waals surface area contributed by atoms with Crippen LogP contribution < -0.4 is 10.3 Å². The fourth-order valence-electron chi connectivity index (χ4n) is 1.88. The average Bonchev–Trinajstić information content (AvgIpc) is 2.71. The van der Waals surface area contributed by atoms with Gasteiger partial charge in [0.15, 0.2) is 12.4 Å². The van der Waals surface area contributed by atoms with Crippen LogP contribution in [0.25, 0.3) is 0 Å². The molecule has 1 fully saturated rings. The SMILES string of the molecule is NC(=O)c1ccc[n+](C2CC(O)C(CO)O2)c1. The third kappa shape index (κ3) is 2.44. The van der Waals surface area contributed by atoms with Crippen LogP contribution >= 0.6 is 0 Å². The Balaban J connectivity index is 2.18. The Kier molecular flexibility index (Phi) is 3.37. The van der Waals surface area contributed by atoms with E-state index >= 15 is 0 Å². The highest BCUT2D eigenvalue weighted by Gasteiger charge is 2.38. The van der Waals surface area contributed by atoms with Crippen LogP contribution in [0.3, 0.4) is 0 Å². The number of amides is 1. The lowest BCUT2D eigenvalue weighted by molar-refractivity contribution is -0.759. The molecule has 6 nitrogen and oxygen atoms in total. The number of aliphatic hydroxyl groups excluding tert-OH is 2. The predicted molar refractivity (Wildman–Crippen MR) is 56.8 cm³/mol. The molecule has 0 spiro atoms. The Morgan fingerprint density at radius 1 is 1.65 bits per heavy atom. The first-order valence-electron chi connectivity index (χ1n) is 5.37. The van der Waals surface area contributed by atoms with Gasteiger partial charge in [-0.15, -0.1) is 0 Å². The zero-order chi connectivity index (χ0) is 12.4. The highest BCUT2D eigenvalue weighted by atomic mass is 16.5. The molecule has 2 heterocycles. The molecule has 0 saturated carbocycles. The van der Waals surface area contributed by atoms with Gasteiger partial charge in [0, 0.05) is 6.07 Å². The largest absolute Gasteiger partial charge is 0.394 e. The minimum absolute atomic E-state index is 0.228. The Morgan fingerprint density at radius 3 is 3.00 bits per heavy atom. The molecule has 2 rings (SSSR count). The molecule has 1 aromatic heterocycles. The van der Waals surface area contributed by atoms with E-state index in [9.17, 15) is 9.90 Å². The van der Waals surface area contributed by atoms with Crippen LogP contribution in [0.2, 0.25) is 0 Å². The van der Waals surface area contributed by atoms with Gasteiger partial charge in [-0.25, -0.2) is 0 Å². The van der Waals surface area contributed by atoms with Crippen molar-refractivity contribution >= 4 is 5.91 Å². The van der Waals surface area contributed by atoms with Crippen molar-refractivity contribution in [2.75, 3.05) is 6.61 Å². The minimum Gasteiger partial charge on any atom is -0.394 e. The van der Waals surface area contributed by atoms with E-state index in [1.165, 1.54) is 0 Å². The number of carbonyl (C=O) groups is 1. The van der Waals surface area contributed by atoms with E-state index in [-0.39, 0.29) is 12.8 Å². The van der Waals surface area contributed by atoms with Crippen molar-refractivity contribution in [1.82, 2.24) is 0 Å². The molecule has 4 N–H and O–H groups in total. The number of nitrogens with zero attached hydrogens (tertiary/aromatic N) is 1. The van der Waals surface area contributed by atoms with Crippen molar-refractivity contribution in [3.8, 4) is 0 Å². The van der Waals surface area contributed by atoms with Gasteiger partial charge in [0.2, 0.25) is 0 Å². The van der Waals surface area contributed by atoms with Crippen LogP contribution in [0.5, 0.6) is 0 Å². The first-order valence-corrected chi connectivity index (χ1v) is 5.37. The number of aromatic nitrogens is 1. The predicted octanol–water partition coefficient (Wildman–Crippen LogP) is -1.29. The first kappa shape index (κ1) is 12.0. The summed E-state index contributed by atoms with van der Waals surface area (Å²) in [6, 6.07) is 3.29. The Hall–Kier alpha value is -1.50. The van der Waals surface area contributed by atoms with Crippen molar-refractivity contribution in [3.05, 3.63) is 30.1 Å². The van der Waals surface area contributed by atoms with Gasteiger partial charge < -0.3 is 20.7 Å². The van der Waals surface area contributed by atoms with Gasteiger partial charge >= 0.3 is 0 Å². The number of carbonyl (C=O) groups excluding carboxylic acids is 1. The average molecular weight is 239 g/mol. The van der Waals surface area contributed by atoms with Crippen LogP contribution in [-0.2, 0) is 4.74 Å². The highest BCUT2D eigenvalue weighted by molar-refractivity contribution is 5.92. The van der Waals surface area contributed by atoms with Crippen molar-refractivity contribution < 1.29 is 24.3 Å². The van der Waals surface area contributed by atoms with Gasteiger partial charge in [-0.3, -0.25) is 4.79 Å². The summed E-state index contributed by atoms with van der Waals surface area (Å²) in [6.45, 7) is -0.228. The molecule has 1 aromatic rings. The topological polar surface area (TPSA) is 96.7 Å². The van der Waals surface area contributed by atoms with E-state index in [2.05, 4.69) is 0 Å². The molecule has 0 aliphatic carbocycles. The zero-order valence-electron chi connectivity index (χ0n) is 9.19. The summed E-state index contributed by atoms with van der Waals surface area (Å²) in [7, 11) is 0. The van der Waals surface area contributed by atoms with Gasteiger partial charge in [0.1, 0.15) is 11.7 Å². The highest BCUT2D eigenvalue weighted by Crippen LogP contribution is 2.24. The van der Waals surface area contributed by atoms with Crippen molar-refractivity contribution in [2.45, 2.75) is 24.9 Å². The normalized spacial score (nSPS) is 28.2. The third-order valence-electron chi connectivity index (χ3n) is 2.82. The number of primary amides is 1. The Morgan fingerprint density at radius 2 is 2.41 bits per heavy atom. The molecular formula is C11H15N2O4+. The summed E-state index contributed by atoms with van der Waals surface area (Å²) in [5, 5.41) is 18.6. The lowest BCUT2D eigenvalue weighted by Crippen LogP contribution is -2.40. The number of ether oxygens (including phenoxy) is 1. The molecule has 3 unspecified atom stereocenters. The van der Waals surface area contributed by atoms with E-state index in [0.29, 0.717) is 12.0 Å². The fraction of sp³-hybridized carbons (Fsp3) is 0.455. The molecule has 0 bridgehead atoms. The molecule has 6 heteroatoms. The van der Waals surface area contributed by atoms with Gasteiger partial charge in [-0.1, -0.05) is 0 Å². The first-order chi connectivity index (χ1) is 8.11. The Bertz CT molecular complexity index is 424. The number of pyridine rings is 1. The maximum Gasteiger partial charge on any atom is 0.265 e. The zero-order valence-corrected chi connectivity index (χ0v) is 9.19. The molecular weight excluding hydrogens is 224 g/mol. The molecule has 1 aliphatic heterocycles. The molecule has 0 aromatic carbocycles. The number of rotatable bonds is 3. The quantitative estimate of drug-likeness (QED) is 0.572. The van der Waals surface area contributed by atoms with Crippen molar-refractivity contribution in [3.63, 3.8) is 0 Å². The molecule has 1 aliphatic rings. The summed E-state index contributed by atoms with van der Waals surface area (Å²) < 4.78 is 7.12. The molecule has 92 valence electrons. The van der Waals surface area contributed by atoms with Gasteiger partial charge in [0.05, 0.1) is 19.1 Å². The van der Waals surface area contributed by atoms with Crippen LogP contribution in [0.15, 0.2) is 24.5 Å². The number of nitrogens with two attached hydrogens (primary N) is 1. The molecule has 1 amide bonds. The standard InChI is InChI=1S/C11H14N2O4/c12-11(16)7-2-1-3-13(5-7)10-4-8(15)9(6-14)17-10/h1-3,5,8-10,14-15H,4,6H2,(H-,12,16)/p+1. The molecule has 3 atom stereocenters. The van der Waals surface area contributed by atoms with Crippen LogP contribution in [-0.4, -0.2) is 34.9 Å². The van der Waals surface area contributed by atoms with E-state index in [1.54, 1.807) is 29.1 Å². The lowest BCUT2D eigenvalue weighted by atomic mass is 10.2. The molecule has 0 radical (unpaired) electrons. The van der Waals surface area contributed by atoms with E-state index in [0.717, 1.165) is 0 Å². The maximum absolute atomic E-state index is 11.0. The number of aliphatic hydroxyl groups is 2. The number of hydrogen-bond donors (Lipinski definition) is 3. The summed E-state index contributed by atoms with van der Waals surface area (Å²) >= 11 is 0. The second-order valence-electron chi connectivity index (χ2n) is 4.02. The third-order valence-corrected chi connectivity index (χ3v) is 2.82.